The van der Waals surface area contributed by atoms with Crippen LogP contribution < -0.4 is 5.32 Å². The van der Waals surface area contributed by atoms with Gasteiger partial charge < -0.3 is 5.32 Å². The number of anilines is 2. The van der Waals surface area contributed by atoms with E-state index in [9.17, 15) is 13.2 Å². The largest absolute Gasteiger partial charge is 0.416 e. The van der Waals surface area contributed by atoms with E-state index in [-0.39, 0.29) is 11.0 Å². The Labute approximate surface area is 153 Å². The lowest BCUT2D eigenvalue weighted by molar-refractivity contribution is -0.137. The monoisotopic (exact) mass is 377 g/mol. The molecule has 0 fully saturated rings. The zero-order chi connectivity index (χ0) is 18.9. The maximum atomic E-state index is 12.7. The fourth-order valence-electron chi connectivity index (χ4n) is 2.61. The zero-order valence-corrected chi connectivity index (χ0v) is 14.8. The lowest BCUT2D eigenvalue weighted by Gasteiger charge is -2.11. The molecule has 0 bridgehead atoms. The molecule has 7 heteroatoms. The fourth-order valence-corrected chi connectivity index (χ4v) is 2.80. The predicted octanol–water partition coefficient (Wildman–Crippen LogP) is 6.18. The van der Waals surface area contributed by atoms with Gasteiger partial charge in [-0.3, -0.25) is 0 Å². The van der Waals surface area contributed by atoms with Gasteiger partial charge in [0.05, 0.1) is 5.56 Å². The molecule has 1 N–H and O–H groups in total. The Bertz CT molecular complexity index is 917. The number of benzene rings is 2. The average molecular weight is 378 g/mol. The third kappa shape index (κ3) is 4.32. The van der Waals surface area contributed by atoms with Crippen LogP contribution in [0, 0.1) is 13.8 Å². The molecular weight excluding hydrogens is 363 g/mol. The molecule has 0 radical (unpaired) electrons. The van der Waals surface area contributed by atoms with Gasteiger partial charge in [0, 0.05) is 17.3 Å². The lowest BCUT2D eigenvalue weighted by atomic mass is 10.1. The summed E-state index contributed by atoms with van der Waals surface area (Å²) in [5.41, 5.74) is 2.75. The van der Waals surface area contributed by atoms with E-state index < -0.39 is 11.7 Å². The molecule has 0 saturated heterocycles. The van der Waals surface area contributed by atoms with Crippen molar-refractivity contribution in [3.8, 4) is 11.4 Å². The summed E-state index contributed by atoms with van der Waals surface area (Å²) in [5, 5.41) is 3.35. The quantitative estimate of drug-likeness (QED) is 0.554. The summed E-state index contributed by atoms with van der Waals surface area (Å²) < 4.78 is 38.1. The summed E-state index contributed by atoms with van der Waals surface area (Å²) >= 11 is 6.06. The van der Waals surface area contributed by atoms with E-state index in [1.807, 2.05) is 32.0 Å². The maximum Gasteiger partial charge on any atom is 0.416 e. The Hall–Kier alpha value is -2.60. The van der Waals surface area contributed by atoms with Crippen LogP contribution in [-0.4, -0.2) is 9.97 Å². The first-order valence-corrected chi connectivity index (χ1v) is 8.16. The van der Waals surface area contributed by atoms with Crippen molar-refractivity contribution in [2.75, 3.05) is 5.32 Å². The van der Waals surface area contributed by atoms with Crippen molar-refractivity contribution >= 4 is 23.1 Å². The molecule has 3 rings (SSSR count). The molecule has 0 spiro atoms. The summed E-state index contributed by atoms with van der Waals surface area (Å²) in [6.07, 6.45) is -4.39. The number of hydrogen-bond acceptors (Lipinski definition) is 3. The van der Waals surface area contributed by atoms with E-state index in [0.29, 0.717) is 11.4 Å². The zero-order valence-electron chi connectivity index (χ0n) is 14.0. The molecule has 26 heavy (non-hydrogen) atoms. The number of rotatable bonds is 3. The third-order valence-corrected chi connectivity index (χ3v) is 3.85. The highest BCUT2D eigenvalue weighted by Crippen LogP contribution is 2.31. The average Bonchev–Trinajstić information content (AvgIpc) is 2.52. The highest BCUT2D eigenvalue weighted by atomic mass is 35.5. The SMILES string of the molecule is Cc1cc(C)cc(Nc2cc(Cl)nc(-c3ccc(C(F)(F)F)cc3)n2)c1. The van der Waals surface area contributed by atoms with Crippen molar-refractivity contribution in [2.45, 2.75) is 20.0 Å². The van der Waals surface area contributed by atoms with E-state index in [0.717, 1.165) is 28.9 Å². The number of nitrogens with zero attached hydrogens (tertiary/aromatic N) is 2. The molecule has 0 amide bonds. The van der Waals surface area contributed by atoms with Crippen LogP contribution in [0.3, 0.4) is 0 Å². The Morgan fingerprint density at radius 3 is 2.08 bits per heavy atom. The van der Waals surface area contributed by atoms with Crippen molar-refractivity contribution < 1.29 is 13.2 Å². The van der Waals surface area contributed by atoms with Crippen molar-refractivity contribution in [2.24, 2.45) is 0 Å². The number of nitrogens with one attached hydrogen (secondary N) is 1. The minimum atomic E-state index is -4.39. The van der Waals surface area contributed by atoms with Crippen molar-refractivity contribution in [3.05, 3.63) is 70.4 Å². The van der Waals surface area contributed by atoms with Gasteiger partial charge in [-0.05, 0) is 49.2 Å². The summed E-state index contributed by atoms with van der Waals surface area (Å²) in [4.78, 5) is 8.47. The summed E-state index contributed by atoms with van der Waals surface area (Å²) in [6.45, 7) is 3.97. The molecule has 1 heterocycles. The number of halogens is 4. The highest BCUT2D eigenvalue weighted by molar-refractivity contribution is 6.29. The van der Waals surface area contributed by atoms with Crippen LogP contribution in [0.5, 0.6) is 0 Å². The van der Waals surface area contributed by atoms with Crippen LogP contribution >= 0.6 is 11.6 Å². The van der Waals surface area contributed by atoms with E-state index in [2.05, 4.69) is 15.3 Å². The van der Waals surface area contributed by atoms with Gasteiger partial charge in [0.15, 0.2) is 5.82 Å². The van der Waals surface area contributed by atoms with E-state index >= 15 is 0 Å². The van der Waals surface area contributed by atoms with Gasteiger partial charge in [-0.2, -0.15) is 13.2 Å². The molecule has 0 aliphatic heterocycles. The summed E-state index contributed by atoms with van der Waals surface area (Å²) in [7, 11) is 0. The molecule has 0 unspecified atom stereocenters. The topological polar surface area (TPSA) is 37.8 Å². The second-order valence-corrected chi connectivity index (χ2v) is 6.36. The summed E-state index contributed by atoms with van der Waals surface area (Å²) in [6, 6.07) is 12.2. The molecule has 2 aromatic carbocycles. The second-order valence-electron chi connectivity index (χ2n) is 5.98. The van der Waals surface area contributed by atoms with Crippen LogP contribution in [0.4, 0.5) is 24.7 Å². The maximum absolute atomic E-state index is 12.7. The van der Waals surface area contributed by atoms with Crippen molar-refractivity contribution in [1.82, 2.24) is 9.97 Å². The van der Waals surface area contributed by atoms with Gasteiger partial charge in [-0.1, -0.05) is 29.8 Å². The van der Waals surface area contributed by atoms with Gasteiger partial charge >= 0.3 is 6.18 Å². The molecule has 0 aliphatic carbocycles. The molecule has 3 aromatic rings. The molecular formula is C19H15ClF3N3. The van der Waals surface area contributed by atoms with Gasteiger partial charge in [0.2, 0.25) is 0 Å². The smallest absolute Gasteiger partial charge is 0.340 e. The molecule has 3 nitrogen and oxygen atoms in total. The Kier molecular flexibility index (Phi) is 4.87. The summed E-state index contributed by atoms with van der Waals surface area (Å²) in [5.74, 6) is 0.711. The van der Waals surface area contributed by atoms with E-state index in [1.54, 1.807) is 6.07 Å². The Morgan fingerprint density at radius 1 is 0.885 bits per heavy atom. The number of alkyl halides is 3. The van der Waals surface area contributed by atoms with Crippen LogP contribution in [0.1, 0.15) is 16.7 Å². The minimum absolute atomic E-state index is 0.196. The first-order chi connectivity index (χ1) is 12.2. The third-order valence-electron chi connectivity index (χ3n) is 3.66. The molecule has 0 aliphatic rings. The Morgan fingerprint density at radius 2 is 1.50 bits per heavy atom. The van der Waals surface area contributed by atoms with Gasteiger partial charge in [-0.15, -0.1) is 0 Å². The fraction of sp³-hybridized carbons (Fsp3) is 0.158. The first-order valence-electron chi connectivity index (χ1n) is 7.78. The lowest BCUT2D eigenvalue weighted by Crippen LogP contribution is -2.04. The van der Waals surface area contributed by atoms with Crippen molar-refractivity contribution in [1.29, 1.82) is 0 Å². The van der Waals surface area contributed by atoms with Crippen LogP contribution in [0.25, 0.3) is 11.4 Å². The molecule has 0 saturated carbocycles. The van der Waals surface area contributed by atoms with Crippen LogP contribution in [-0.2, 0) is 6.18 Å². The van der Waals surface area contributed by atoms with Gasteiger partial charge in [0.1, 0.15) is 11.0 Å². The first kappa shape index (κ1) is 18.2. The number of aromatic nitrogens is 2. The standard InChI is InChI=1S/C19H15ClF3N3/c1-11-7-12(2)9-15(8-11)24-17-10-16(20)25-18(26-17)13-3-5-14(6-4-13)19(21,22)23/h3-10H,1-2H3,(H,24,25,26). The minimum Gasteiger partial charge on any atom is -0.340 e. The van der Waals surface area contributed by atoms with E-state index in [4.69, 9.17) is 11.6 Å². The van der Waals surface area contributed by atoms with Crippen molar-refractivity contribution in [3.63, 3.8) is 0 Å². The Balaban J connectivity index is 1.92. The normalized spacial score (nSPS) is 11.5. The number of hydrogen-bond donors (Lipinski definition) is 1. The molecule has 134 valence electrons. The highest BCUT2D eigenvalue weighted by Gasteiger charge is 2.30. The molecule has 1 aromatic heterocycles. The van der Waals surface area contributed by atoms with Gasteiger partial charge in [0.25, 0.3) is 0 Å². The number of aryl methyl sites for hydroxylation is 2. The van der Waals surface area contributed by atoms with Crippen LogP contribution in [0.2, 0.25) is 5.15 Å². The predicted molar refractivity (Wildman–Crippen MR) is 96.7 cm³/mol. The van der Waals surface area contributed by atoms with E-state index in [1.165, 1.54) is 12.1 Å². The van der Waals surface area contributed by atoms with Crippen LogP contribution in [0.15, 0.2) is 48.5 Å². The second kappa shape index (κ2) is 6.96. The van der Waals surface area contributed by atoms with Gasteiger partial charge in [-0.25, -0.2) is 9.97 Å². The molecule has 0 atom stereocenters.